The quantitative estimate of drug-likeness (QED) is 0.543. The molecule has 4 rings (SSSR count). The molecule has 0 radical (unpaired) electrons. The van der Waals surface area contributed by atoms with Crippen molar-refractivity contribution in [1.82, 2.24) is 19.2 Å². The molecule has 0 aliphatic rings. The summed E-state index contributed by atoms with van der Waals surface area (Å²) in [6, 6.07) is 14.5. The highest BCUT2D eigenvalue weighted by Gasteiger charge is 2.16. The molecular formula is C22H20ClN5O2. The highest BCUT2D eigenvalue weighted by molar-refractivity contribution is 6.31. The number of fused-ring (bicyclic) bond motifs is 1. The van der Waals surface area contributed by atoms with Crippen molar-refractivity contribution < 1.29 is 4.79 Å². The SMILES string of the molecule is Cc1cccc(-c2nc3n(CC(=O)Nc4cccc(Cl)c4C)c(C)cc(=O)n3n2)c1. The van der Waals surface area contributed by atoms with Gasteiger partial charge in [0.1, 0.15) is 6.54 Å². The molecule has 0 aliphatic heterocycles. The van der Waals surface area contributed by atoms with Gasteiger partial charge in [0.15, 0.2) is 5.82 Å². The molecule has 2 aromatic heterocycles. The first-order valence-corrected chi connectivity index (χ1v) is 9.80. The lowest BCUT2D eigenvalue weighted by Crippen LogP contribution is -2.25. The summed E-state index contributed by atoms with van der Waals surface area (Å²) in [5, 5.41) is 7.82. The van der Waals surface area contributed by atoms with E-state index in [2.05, 4.69) is 15.4 Å². The van der Waals surface area contributed by atoms with Crippen LogP contribution in [0.25, 0.3) is 17.2 Å². The van der Waals surface area contributed by atoms with E-state index in [1.165, 1.54) is 10.6 Å². The first-order valence-electron chi connectivity index (χ1n) is 9.42. The number of aryl methyl sites for hydroxylation is 2. The molecule has 152 valence electrons. The van der Waals surface area contributed by atoms with E-state index in [0.717, 1.165) is 16.7 Å². The normalized spacial score (nSPS) is 11.1. The second-order valence-electron chi connectivity index (χ2n) is 7.19. The van der Waals surface area contributed by atoms with Crippen molar-refractivity contribution in [2.75, 3.05) is 5.32 Å². The third-order valence-electron chi connectivity index (χ3n) is 4.92. The number of hydrogen-bond donors (Lipinski definition) is 1. The molecule has 7 nitrogen and oxygen atoms in total. The van der Waals surface area contributed by atoms with Gasteiger partial charge < -0.3 is 9.88 Å². The van der Waals surface area contributed by atoms with Gasteiger partial charge in [-0.3, -0.25) is 9.59 Å². The van der Waals surface area contributed by atoms with E-state index < -0.39 is 0 Å². The van der Waals surface area contributed by atoms with Crippen molar-refractivity contribution in [3.8, 4) is 11.4 Å². The molecular weight excluding hydrogens is 402 g/mol. The van der Waals surface area contributed by atoms with Crippen LogP contribution in [-0.4, -0.2) is 25.1 Å². The third kappa shape index (κ3) is 3.71. The van der Waals surface area contributed by atoms with Gasteiger partial charge in [-0.1, -0.05) is 41.4 Å². The van der Waals surface area contributed by atoms with E-state index in [9.17, 15) is 9.59 Å². The fraction of sp³-hybridized carbons (Fsp3) is 0.182. The second kappa shape index (κ2) is 7.76. The summed E-state index contributed by atoms with van der Waals surface area (Å²) in [4.78, 5) is 29.7. The number of aromatic nitrogens is 4. The molecule has 2 aromatic carbocycles. The zero-order chi connectivity index (χ0) is 21.4. The Morgan fingerprint density at radius 2 is 1.87 bits per heavy atom. The fourth-order valence-corrected chi connectivity index (χ4v) is 3.45. The zero-order valence-corrected chi connectivity index (χ0v) is 17.6. The van der Waals surface area contributed by atoms with E-state index in [1.54, 1.807) is 29.7 Å². The molecule has 0 fully saturated rings. The maximum Gasteiger partial charge on any atom is 0.275 e. The van der Waals surface area contributed by atoms with Gasteiger partial charge in [0.25, 0.3) is 5.56 Å². The first-order chi connectivity index (χ1) is 14.3. The lowest BCUT2D eigenvalue weighted by molar-refractivity contribution is -0.116. The smallest absolute Gasteiger partial charge is 0.275 e. The summed E-state index contributed by atoms with van der Waals surface area (Å²) < 4.78 is 2.89. The molecule has 4 aromatic rings. The number of anilines is 1. The monoisotopic (exact) mass is 421 g/mol. The van der Waals surface area contributed by atoms with Gasteiger partial charge in [-0.2, -0.15) is 9.50 Å². The first kappa shape index (κ1) is 19.8. The van der Waals surface area contributed by atoms with Crippen LogP contribution >= 0.6 is 11.6 Å². The number of benzene rings is 2. The minimum Gasteiger partial charge on any atom is -0.324 e. The van der Waals surface area contributed by atoms with Crippen LogP contribution in [0.2, 0.25) is 5.02 Å². The lowest BCUT2D eigenvalue weighted by Gasteiger charge is -2.13. The van der Waals surface area contributed by atoms with Crippen molar-refractivity contribution in [3.63, 3.8) is 0 Å². The molecule has 0 unspecified atom stereocenters. The largest absolute Gasteiger partial charge is 0.324 e. The summed E-state index contributed by atoms with van der Waals surface area (Å²) in [6.45, 7) is 5.56. The molecule has 30 heavy (non-hydrogen) atoms. The van der Waals surface area contributed by atoms with E-state index in [4.69, 9.17) is 11.6 Å². The van der Waals surface area contributed by atoms with Crippen LogP contribution in [-0.2, 0) is 11.3 Å². The van der Waals surface area contributed by atoms with Crippen molar-refractivity contribution in [1.29, 1.82) is 0 Å². The summed E-state index contributed by atoms with van der Waals surface area (Å²) in [5.41, 5.74) is 3.63. The van der Waals surface area contributed by atoms with E-state index >= 15 is 0 Å². The van der Waals surface area contributed by atoms with E-state index in [0.29, 0.717) is 28.0 Å². The Morgan fingerprint density at radius 3 is 2.63 bits per heavy atom. The molecule has 0 saturated heterocycles. The predicted octanol–water partition coefficient (Wildman–Crippen LogP) is 3.78. The van der Waals surface area contributed by atoms with Gasteiger partial charge in [-0.05, 0) is 44.5 Å². The predicted molar refractivity (Wildman–Crippen MR) is 117 cm³/mol. The minimum absolute atomic E-state index is 0.0203. The van der Waals surface area contributed by atoms with Gasteiger partial charge in [0, 0.05) is 28.0 Å². The lowest BCUT2D eigenvalue weighted by atomic mass is 10.1. The molecule has 0 aliphatic carbocycles. The average Bonchev–Trinajstić information content (AvgIpc) is 3.15. The van der Waals surface area contributed by atoms with E-state index in [-0.39, 0.29) is 18.0 Å². The molecule has 2 heterocycles. The van der Waals surface area contributed by atoms with Crippen molar-refractivity contribution in [2.24, 2.45) is 0 Å². The fourth-order valence-electron chi connectivity index (χ4n) is 3.28. The number of nitrogens with zero attached hydrogens (tertiary/aromatic N) is 4. The van der Waals surface area contributed by atoms with Crippen LogP contribution in [0.5, 0.6) is 0 Å². The van der Waals surface area contributed by atoms with Gasteiger partial charge in [-0.15, -0.1) is 5.10 Å². The second-order valence-corrected chi connectivity index (χ2v) is 7.59. The summed E-state index contributed by atoms with van der Waals surface area (Å²) in [6.07, 6.45) is 0. The van der Waals surface area contributed by atoms with Crippen LogP contribution in [0.3, 0.4) is 0 Å². The van der Waals surface area contributed by atoms with Gasteiger partial charge in [-0.25, -0.2) is 0 Å². The maximum absolute atomic E-state index is 12.7. The molecule has 0 saturated carbocycles. The third-order valence-corrected chi connectivity index (χ3v) is 5.33. The van der Waals surface area contributed by atoms with Crippen molar-refractivity contribution >= 4 is 29.0 Å². The van der Waals surface area contributed by atoms with Crippen molar-refractivity contribution in [3.05, 3.63) is 80.7 Å². The topological polar surface area (TPSA) is 81.3 Å². The number of carbonyl (C=O) groups excluding carboxylic acids is 1. The zero-order valence-electron chi connectivity index (χ0n) is 16.8. The number of rotatable bonds is 4. The average molecular weight is 422 g/mol. The number of amides is 1. The summed E-state index contributed by atoms with van der Waals surface area (Å²) >= 11 is 6.14. The number of halogens is 1. The molecule has 1 N–H and O–H groups in total. The van der Waals surface area contributed by atoms with Crippen molar-refractivity contribution in [2.45, 2.75) is 27.3 Å². The Morgan fingerprint density at radius 1 is 1.10 bits per heavy atom. The van der Waals surface area contributed by atoms with Crippen LogP contribution in [0.15, 0.2) is 53.3 Å². The Bertz CT molecular complexity index is 1340. The van der Waals surface area contributed by atoms with Crippen LogP contribution in [0, 0.1) is 20.8 Å². The molecule has 8 heteroatoms. The number of hydrogen-bond acceptors (Lipinski definition) is 4. The summed E-state index contributed by atoms with van der Waals surface area (Å²) in [7, 11) is 0. The van der Waals surface area contributed by atoms with Crippen LogP contribution in [0.4, 0.5) is 5.69 Å². The van der Waals surface area contributed by atoms with Gasteiger partial charge >= 0.3 is 0 Å². The Hall–Kier alpha value is -3.45. The van der Waals surface area contributed by atoms with Crippen LogP contribution in [0.1, 0.15) is 16.8 Å². The highest BCUT2D eigenvalue weighted by atomic mass is 35.5. The maximum atomic E-state index is 12.7. The molecule has 1 amide bonds. The molecule has 0 bridgehead atoms. The Kier molecular flexibility index (Phi) is 5.13. The Balaban J connectivity index is 1.72. The summed E-state index contributed by atoms with van der Waals surface area (Å²) in [5.74, 6) is 0.491. The molecule has 0 spiro atoms. The standard InChI is InChI=1S/C22H20ClN5O2/c1-13-6-4-7-16(10-13)21-25-22-27(14(2)11-20(30)28(22)26-21)12-19(29)24-18-9-5-8-17(23)15(18)3/h4-11H,12H2,1-3H3,(H,24,29). The number of carbonyl (C=O) groups is 1. The van der Waals surface area contributed by atoms with Gasteiger partial charge in [0.05, 0.1) is 0 Å². The minimum atomic E-state index is -0.295. The van der Waals surface area contributed by atoms with E-state index in [1.807, 2.05) is 38.1 Å². The molecule has 0 atom stereocenters. The number of nitrogens with one attached hydrogen (secondary N) is 1. The Labute approximate surface area is 178 Å². The highest BCUT2D eigenvalue weighted by Crippen LogP contribution is 2.23. The van der Waals surface area contributed by atoms with Gasteiger partial charge in [0.2, 0.25) is 11.7 Å². The van der Waals surface area contributed by atoms with Crippen LogP contribution < -0.4 is 10.9 Å².